The molecule has 3 fully saturated rings. The van der Waals surface area contributed by atoms with Gasteiger partial charge in [-0.1, -0.05) is 13.8 Å². The van der Waals surface area contributed by atoms with Gasteiger partial charge in [-0.05, 0) is 33.6 Å². The quantitative estimate of drug-likeness (QED) is 0.726. The summed E-state index contributed by atoms with van der Waals surface area (Å²) in [5.74, 6) is -3.29. The van der Waals surface area contributed by atoms with Gasteiger partial charge in [0, 0.05) is 0 Å². The first-order chi connectivity index (χ1) is 12.0. The summed E-state index contributed by atoms with van der Waals surface area (Å²) in [7, 11) is 0. The molecule has 0 N–H and O–H groups in total. The van der Waals surface area contributed by atoms with E-state index in [1.807, 2.05) is 13.8 Å². The lowest BCUT2D eigenvalue weighted by atomic mass is 9.99. The average molecular weight is 371 g/mol. The van der Waals surface area contributed by atoms with Crippen LogP contribution in [0.15, 0.2) is 0 Å². The zero-order valence-electron chi connectivity index (χ0n) is 15.7. The molecule has 2 amide bonds. The Labute approximate surface area is 151 Å². The van der Waals surface area contributed by atoms with Gasteiger partial charge in [0.05, 0.1) is 6.61 Å². The van der Waals surface area contributed by atoms with E-state index in [0.29, 0.717) is 12.8 Å². The van der Waals surface area contributed by atoms with E-state index < -0.39 is 47.4 Å². The number of rotatable bonds is 2. The Morgan fingerprint density at radius 3 is 2.46 bits per heavy atom. The van der Waals surface area contributed by atoms with E-state index in [4.69, 9.17) is 23.7 Å². The van der Waals surface area contributed by atoms with E-state index in [2.05, 4.69) is 0 Å². The van der Waals surface area contributed by atoms with Gasteiger partial charge in [0.2, 0.25) is 5.78 Å². The van der Waals surface area contributed by atoms with Crippen LogP contribution in [0.5, 0.6) is 0 Å². The summed E-state index contributed by atoms with van der Waals surface area (Å²) in [6, 6.07) is 0. The fourth-order valence-electron chi connectivity index (χ4n) is 3.27. The summed E-state index contributed by atoms with van der Waals surface area (Å²) < 4.78 is 27.7. The summed E-state index contributed by atoms with van der Waals surface area (Å²) in [5.41, 5.74) is -0.792. The van der Waals surface area contributed by atoms with Crippen molar-refractivity contribution in [3.8, 4) is 0 Å². The predicted octanol–water partition coefficient (Wildman–Crippen LogP) is 1.97. The van der Waals surface area contributed by atoms with Crippen molar-refractivity contribution in [1.29, 1.82) is 0 Å². The minimum atomic E-state index is -1.88. The summed E-state index contributed by atoms with van der Waals surface area (Å²) >= 11 is 0. The van der Waals surface area contributed by atoms with E-state index in [0.717, 1.165) is 4.90 Å². The second-order valence-corrected chi connectivity index (χ2v) is 7.68. The maximum absolute atomic E-state index is 13.0. The monoisotopic (exact) mass is 371 g/mol. The smallest absolute Gasteiger partial charge is 0.422 e. The highest BCUT2D eigenvalue weighted by molar-refractivity contribution is 5.99. The van der Waals surface area contributed by atoms with Gasteiger partial charge in [-0.2, -0.15) is 0 Å². The summed E-state index contributed by atoms with van der Waals surface area (Å²) in [5, 5.41) is 0. The molecule has 3 atom stereocenters. The number of hydrogen-bond donors (Lipinski definition) is 0. The van der Waals surface area contributed by atoms with Crippen LogP contribution >= 0.6 is 0 Å². The molecule has 0 radical (unpaired) electrons. The SMILES string of the molecule is CCC1(CC)O[C@@H]2CO[C@]3(CN(C(=O)OC(C)(C)C)C(=O)O3)C(=O)[C@@H]2O1. The Balaban J connectivity index is 1.77. The lowest BCUT2D eigenvalue weighted by Crippen LogP contribution is -2.59. The van der Waals surface area contributed by atoms with Gasteiger partial charge in [0.15, 0.2) is 11.9 Å². The molecule has 1 spiro atoms. The van der Waals surface area contributed by atoms with Gasteiger partial charge < -0.3 is 23.7 Å². The summed E-state index contributed by atoms with van der Waals surface area (Å²) in [4.78, 5) is 38.1. The number of ether oxygens (including phenoxy) is 5. The second kappa shape index (κ2) is 6.17. The van der Waals surface area contributed by atoms with Crippen molar-refractivity contribution in [2.45, 2.75) is 76.8 Å². The first kappa shape index (κ1) is 19.1. The van der Waals surface area contributed by atoms with Gasteiger partial charge in [0.25, 0.3) is 5.79 Å². The fourth-order valence-corrected chi connectivity index (χ4v) is 3.27. The lowest BCUT2D eigenvalue weighted by molar-refractivity contribution is -0.219. The number of hydrogen-bond acceptors (Lipinski definition) is 8. The number of fused-ring (bicyclic) bond motifs is 1. The van der Waals surface area contributed by atoms with E-state index in [9.17, 15) is 14.4 Å². The Kier molecular flexibility index (Phi) is 4.53. The summed E-state index contributed by atoms with van der Waals surface area (Å²) in [6.07, 6.45) is -2.21. The van der Waals surface area contributed by atoms with Crippen LogP contribution in [-0.2, 0) is 28.5 Å². The molecule has 9 heteroatoms. The number of carbonyl (C=O) groups is 3. The molecule has 9 nitrogen and oxygen atoms in total. The molecule has 0 unspecified atom stereocenters. The molecule has 26 heavy (non-hydrogen) atoms. The topological polar surface area (TPSA) is 101 Å². The predicted molar refractivity (Wildman–Crippen MR) is 86.2 cm³/mol. The van der Waals surface area contributed by atoms with Crippen molar-refractivity contribution in [2.75, 3.05) is 13.2 Å². The number of carbonyl (C=O) groups excluding carboxylic acids is 3. The highest BCUT2D eigenvalue weighted by Gasteiger charge is 2.64. The van der Waals surface area contributed by atoms with Gasteiger partial charge in [-0.25, -0.2) is 14.5 Å². The Morgan fingerprint density at radius 1 is 1.23 bits per heavy atom. The normalized spacial score (nSPS) is 33.3. The van der Waals surface area contributed by atoms with Gasteiger partial charge in [0.1, 0.15) is 18.2 Å². The highest BCUT2D eigenvalue weighted by atomic mass is 16.8. The third kappa shape index (κ3) is 3.08. The van der Waals surface area contributed by atoms with Crippen LogP contribution in [-0.4, -0.2) is 65.4 Å². The minimum absolute atomic E-state index is 0.0214. The standard InChI is InChI=1S/C17H25NO8/c1-6-16(7-2)23-10-8-22-17(12(19)11(10)24-16)9-18(14(21)26-17)13(20)25-15(3,4)5/h10-11H,6-9H2,1-5H3/t10-,11-,17+/m1/s1. The van der Waals surface area contributed by atoms with Gasteiger partial charge in [-0.15, -0.1) is 0 Å². The van der Waals surface area contributed by atoms with Crippen molar-refractivity contribution in [3.63, 3.8) is 0 Å². The molecule has 0 aromatic rings. The van der Waals surface area contributed by atoms with Gasteiger partial charge >= 0.3 is 12.2 Å². The van der Waals surface area contributed by atoms with Crippen molar-refractivity contribution < 1.29 is 38.1 Å². The zero-order valence-corrected chi connectivity index (χ0v) is 15.7. The molecule has 0 aromatic carbocycles. The molecular formula is C17H25NO8. The lowest BCUT2D eigenvalue weighted by Gasteiger charge is -2.34. The van der Waals surface area contributed by atoms with Crippen LogP contribution in [0, 0.1) is 0 Å². The van der Waals surface area contributed by atoms with Crippen LogP contribution in [0.4, 0.5) is 9.59 Å². The number of imide groups is 1. The van der Waals surface area contributed by atoms with Crippen LogP contribution in [0.2, 0.25) is 0 Å². The van der Waals surface area contributed by atoms with E-state index in [1.165, 1.54) is 0 Å². The van der Waals surface area contributed by atoms with Crippen LogP contribution in [0.1, 0.15) is 47.5 Å². The molecule has 3 aliphatic heterocycles. The number of ketones is 1. The molecule has 0 aromatic heterocycles. The second-order valence-electron chi connectivity index (χ2n) is 7.68. The van der Waals surface area contributed by atoms with Crippen molar-refractivity contribution in [3.05, 3.63) is 0 Å². The van der Waals surface area contributed by atoms with E-state index in [1.54, 1.807) is 20.8 Å². The fraction of sp³-hybridized carbons (Fsp3) is 0.824. The maximum atomic E-state index is 13.0. The number of nitrogens with zero attached hydrogens (tertiary/aromatic N) is 1. The molecule has 146 valence electrons. The van der Waals surface area contributed by atoms with Crippen molar-refractivity contribution >= 4 is 18.0 Å². The first-order valence-electron chi connectivity index (χ1n) is 8.82. The maximum Gasteiger partial charge on any atom is 0.422 e. The molecule has 3 rings (SSSR count). The molecule has 0 bridgehead atoms. The third-order valence-corrected chi connectivity index (χ3v) is 4.69. The Bertz CT molecular complexity index is 623. The van der Waals surface area contributed by atoms with Crippen LogP contribution < -0.4 is 0 Å². The molecular weight excluding hydrogens is 346 g/mol. The highest BCUT2D eigenvalue weighted by Crippen LogP contribution is 2.41. The number of Topliss-reactive ketones (excluding diaryl/α,β-unsaturated/α-hetero) is 1. The Morgan fingerprint density at radius 2 is 1.88 bits per heavy atom. The molecule has 3 heterocycles. The van der Waals surface area contributed by atoms with Crippen LogP contribution in [0.3, 0.4) is 0 Å². The van der Waals surface area contributed by atoms with E-state index in [-0.39, 0.29) is 13.2 Å². The third-order valence-electron chi connectivity index (χ3n) is 4.69. The average Bonchev–Trinajstić information content (AvgIpc) is 3.10. The number of amides is 2. The molecule has 3 aliphatic rings. The Hall–Kier alpha value is -1.71. The summed E-state index contributed by atoms with van der Waals surface area (Å²) in [6.45, 7) is 8.48. The van der Waals surface area contributed by atoms with Crippen molar-refractivity contribution in [2.24, 2.45) is 0 Å². The van der Waals surface area contributed by atoms with Gasteiger partial charge in [-0.3, -0.25) is 4.79 Å². The minimum Gasteiger partial charge on any atom is -0.443 e. The molecule has 0 saturated carbocycles. The molecule has 3 saturated heterocycles. The largest absolute Gasteiger partial charge is 0.443 e. The van der Waals surface area contributed by atoms with E-state index >= 15 is 0 Å². The first-order valence-corrected chi connectivity index (χ1v) is 8.82. The molecule has 0 aliphatic carbocycles. The van der Waals surface area contributed by atoms with Crippen molar-refractivity contribution in [1.82, 2.24) is 4.90 Å². The zero-order chi connectivity index (χ0) is 19.3. The van der Waals surface area contributed by atoms with Crippen LogP contribution in [0.25, 0.3) is 0 Å².